The van der Waals surface area contributed by atoms with Crippen molar-refractivity contribution in [1.82, 2.24) is 0 Å². The van der Waals surface area contributed by atoms with Gasteiger partial charge in [0.1, 0.15) is 0 Å². The Morgan fingerprint density at radius 1 is 0.600 bits per heavy atom. The monoisotopic (exact) mass is 420 g/mol. The van der Waals surface area contributed by atoms with Gasteiger partial charge in [-0.15, -0.1) is 13.2 Å². The third-order valence-electron chi connectivity index (χ3n) is 7.42. The third kappa shape index (κ3) is 7.52. The minimum Gasteiger partial charge on any atom is -0.366 e. The maximum atomic E-state index is 7.05. The van der Waals surface area contributed by atoms with Crippen molar-refractivity contribution in [1.29, 1.82) is 0 Å². The van der Waals surface area contributed by atoms with Crippen molar-refractivity contribution in [2.45, 2.75) is 154 Å². The number of hydrogen-bond acceptors (Lipinski definition) is 2. The van der Waals surface area contributed by atoms with Crippen LogP contribution in [0.15, 0.2) is 25.3 Å². The molecule has 0 N–H and O–H groups in total. The molecule has 1 saturated heterocycles. The van der Waals surface area contributed by atoms with E-state index in [2.05, 4.69) is 40.9 Å². The normalized spacial score (nSPS) is 29.1. The molecule has 2 heteroatoms. The zero-order chi connectivity index (χ0) is 22.3. The molecular formula is C28H52O2. The van der Waals surface area contributed by atoms with E-state index in [0.29, 0.717) is 0 Å². The molecule has 0 aromatic rings. The Morgan fingerprint density at radius 2 is 0.967 bits per heavy atom. The SMILES string of the molecule is C=CCCCCCCC1(CC)OC(CC)C(CC)OC1(CC)CCCCCCC=C. The summed E-state index contributed by atoms with van der Waals surface area (Å²) in [5.74, 6) is 0. The maximum Gasteiger partial charge on any atom is 0.0973 e. The van der Waals surface area contributed by atoms with Gasteiger partial charge in [0.2, 0.25) is 0 Å². The number of rotatable bonds is 18. The first-order valence-corrected chi connectivity index (χ1v) is 13.2. The molecule has 0 amide bonds. The van der Waals surface area contributed by atoms with Gasteiger partial charge in [-0.05, 0) is 64.2 Å². The van der Waals surface area contributed by atoms with E-state index < -0.39 is 0 Å². The Morgan fingerprint density at radius 3 is 1.27 bits per heavy atom. The average molecular weight is 421 g/mol. The molecule has 1 fully saturated rings. The van der Waals surface area contributed by atoms with Crippen molar-refractivity contribution in [2.24, 2.45) is 0 Å². The molecule has 30 heavy (non-hydrogen) atoms. The third-order valence-corrected chi connectivity index (χ3v) is 7.42. The van der Waals surface area contributed by atoms with Crippen LogP contribution in [0.25, 0.3) is 0 Å². The summed E-state index contributed by atoms with van der Waals surface area (Å²) in [5, 5.41) is 0. The summed E-state index contributed by atoms with van der Waals surface area (Å²) in [5.41, 5.74) is -0.263. The second kappa shape index (κ2) is 15.2. The zero-order valence-corrected chi connectivity index (χ0v) is 20.9. The van der Waals surface area contributed by atoms with Crippen LogP contribution in [0.3, 0.4) is 0 Å². The maximum absolute atomic E-state index is 7.05. The Labute approximate surface area is 188 Å². The van der Waals surface area contributed by atoms with Crippen LogP contribution in [-0.2, 0) is 9.47 Å². The zero-order valence-electron chi connectivity index (χ0n) is 20.9. The highest BCUT2D eigenvalue weighted by atomic mass is 16.6. The van der Waals surface area contributed by atoms with E-state index in [9.17, 15) is 0 Å². The molecule has 2 nitrogen and oxygen atoms in total. The summed E-state index contributed by atoms with van der Waals surface area (Å²) in [4.78, 5) is 0. The summed E-state index contributed by atoms with van der Waals surface area (Å²) in [6, 6.07) is 0. The second-order valence-corrected chi connectivity index (χ2v) is 9.31. The number of ether oxygens (including phenoxy) is 2. The number of hydrogen-bond donors (Lipinski definition) is 0. The summed E-state index contributed by atoms with van der Waals surface area (Å²) >= 11 is 0. The molecule has 1 rings (SSSR count). The van der Waals surface area contributed by atoms with Crippen molar-refractivity contribution in [3.05, 3.63) is 25.3 Å². The predicted octanol–water partition coefficient (Wildman–Crippen LogP) is 8.94. The van der Waals surface area contributed by atoms with Gasteiger partial charge in [0.15, 0.2) is 0 Å². The van der Waals surface area contributed by atoms with Gasteiger partial charge in [-0.1, -0.05) is 78.4 Å². The molecule has 4 unspecified atom stereocenters. The van der Waals surface area contributed by atoms with E-state index in [1.165, 1.54) is 51.4 Å². The molecule has 1 heterocycles. The molecule has 0 aliphatic carbocycles. The second-order valence-electron chi connectivity index (χ2n) is 9.31. The molecule has 0 radical (unpaired) electrons. The van der Waals surface area contributed by atoms with Crippen molar-refractivity contribution < 1.29 is 9.47 Å². The number of allylic oxidation sites excluding steroid dienone is 2. The molecule has 4 atom stereocenters. The van der Waals surface area contributed by atoms with Crippen LogP contribution >= 0.6 is 0 Å². The van der Waals surface area contributed by atoms with Gasteiger partial charge < -0.3 is 9.47 Å². The highest BCUT2D eigenvalue weighted by Gasteiger charge is 2.56. The largest absolute Gasteiger partial charge is 0.366 e. The Kier molecular flexibility index (Phi) is 13.9. The Bertz CT molecular complexity index is 418. The van der Waals surface area contributed by atoms with E-state index in [1.807, 2.05) is 12.2 Å². The van der Waals surface area contributed by atoms with E-state index in [-0.39, 0.29) is 23.4 Å². The summed E-state index contributed by atoms with van der Waals surface area (Å²) in [7, 11) is 0. The standard InChI is InChI=1S/C28H52O2/c1-7-13-15-17-19-21-23-27(11-5)28(12-6,24-22-20-18-16-14-8-2)30-26(10-4)25(9-3)29-27/h7-8,25-26H,1-2,9-24H2,3-6H3. The predicted molar refractivity (Wildman–Crippen MR) is 132 cm³/mol. The van der Waals surface area contributed by atoms with E-state index in [4.69, 9.17) is 9.47 Å². The van der Waals surface area contributed by atoms with Gasteiger partial charge in [-0.2, -0.15) is 0 Å². The molecule has 0 bridgehead atoms. The van der Waals surface area contributed by atoms with E-state index in [0.717, 1.165) is 51.4 Å². The van der Waals surface area contributed by atoms with Crippen LogP contribution in [-0.4, -0.2) is 23.4 Å². The highest BCUT2D eigenvalue weighted by Crippen LogP contribution is 2.49. The minimum atomic E-state index is -0.131. The first kappa shape index (κ1) is 27.4. The minimum absolute atomic E-state index is 0.131. The lowest BCUT2D eigenvalue weighted by Crippen LogP contribution is -2.65. The molecule has 1 aliphatic heterocycles. The molecule has 1 aliphatic rings. The van der Waals surface area contributed by atoms with Crippen LogP contribution in [0.2, 0.25) is 0 Å². The van der Waals surface area contributed by atoms with Crippen LogP contribution in [0.5, 0.6) is 0 Å². The smallest absolute Gasteiger partial charge is 0.0973 e. The fourth-order valence-electron chi connectivity index (χ4n) is 5.48. The van der Waals surface area contributed by atoms with Gasteiger partial charge >= 0.3 is 0 Å². The fourth-order valence-corrected chi connectivity index (χ4v) is 5.48. The molecule has 176 valence electrons. The van der Waals surface area contributed by atoms with Crippen LogP contribution in [0.4, 0.5) is 0 Å². The lowest BCUT2D eigenvalue weighted by atomic mass is 9.70. The van der Waals surface area contributed by atoms with Gasteiger partial charge in [-0.3, -0.25) is 0 Å². The Hall–Kier alpha value is -0.600. The van der Waals surface area contributed by atoms with Gasteiger partial charge in [-0.25, -0.2) is 0 Å². The highest BCUT2D eigenvalue weighted by molar-refractivity contribution is 5.05. The van der Waals surface area contributed by atoms with Gasteiger partial charge in [0, 0.05) is 0 Å². The van der Waals surface area contributed by atoms with Crippen molar-refractivity contribution >= 4 is 0 Å². The van der Waals surface area contributed by atoms with Gasteiger partial charge in [0.25, 0.3) is 0 Å². The fraction of sp³-hybridized carbons (Fsp3) is 0.857. The summed E-state index contributed by atoms with van der Waals surface area (Å²) < 4.78 is 14.1. The lowest BCUT2D eigenvalue weighted by Gasteiger charge is -2.58. The quantitative estimate of drug-likeness (QED) is 0.163. The molecule has 0 aromatic carbocycles. The van der Waals surface area contributed by atoms with Crippen molar-refractivity contribution in [3.63, 3.8) is 0 Å². The molecular weight excluding hydrogens is 368 g/mol. The molecule has 0 spiro atoms. The topological polar surface area (TPSA) is 18.5 Å². The van der Waals surface area contributed by atoms with Crippen LogP contribution in [0, 0.1) is 0 Å². The van der Waals surface area contributed by atoms with Crippen LogP contribution < -0.4 is 0 Å². The first-order chi connectivity index (χ1) is 14.6. The summed E-state index contributed by atoms with van der Waals surface area (Å²) in [6.45, 7) is 16.9. The number of unbranched alkanes of at least 4 members (excludes halogenated alkanes) is 8. The van der Waals surface area contributed by atoms with E-state index >= 15 is 0 Å². The summed E-state index contributed by atoms with van der Waals surface area (Å²) in [6.07, 6.45) is 23.5. The van der Waals surface area contributed by atoms with Gasteiger partial charge in [0.05, 0.1) is 23.4 Å². The van der Waals surface area contributed by atoms with E-state index in [1.54, 1.807) is 0 Å². The first-order valence-electron chi connectivity index (χ1n) is 13.2. The lowest BCUT2D eigenvalue weighted by molar-refractivity contribution is -0.325. The molecule has 0 aromatic heterocycles. The molecule has 0 saturated carbocycles. The van der Waals surface area contributed by atoms with Crippen molar-refractivity contribution in [2.75, 3.05) is 0 Å². The average Bonchev–Trinajstić information content (AvgIpc) is 2.78. The van der Waals surface area contributed by atoms with Crippen molar-refractivity contribution in [3.8, 4) is 0 Å². The Balaban J connectivity index is 2.90. The van der Waals surface area contributed by atoms with Crippen LogP contribution in [0.1, 0.15) is 130 Å².